The summed E-state index contributed by atoms with van der Waals surface area (Å²) in [5.41, 5.74) is 2.50. The molecular weight excluding hydrogens is 202 g/mol. The minimum Gasteiger partial charge on any atom is -0.378 e. The number of nitrogens with one attached hydrogen (secondary N) is 1. The van der Waals surface area contributed by atoms with Crippen LogP contribution in [0.5, 0.6) is 0 Å². The number of hydrogen-bond donors (Lipinski definition) is 1. The van der Waals surface area contributed by atoms with Crippen LogP contribution in [0.15, 0.2) is 6.20 Å². The molecule has 1 aromatic rings. The van der Waals surface area contributed by atoms with Crippen LogP contribution in [-0.2, 0) is 18.2 Å². The molecule has 2 rings (SSSR count). The maximum Gasteiger partial charge on any atom is 0.0625 e. The first-order valence-electron chi connectivity index (χ1n) is 5.98. The molecule has 2 unspecified atom stereocenters. The number of nitrogens with zero attached hydrogens (tertiary/aromatic N) is 2. The highest BCUT2D eigenvalue weighted by atomic mass is 16.5. The van der Waals surface area contributed by atoms with E-state index < -0.39 is 0 Å². The topological polar surface area (TPSA) is 39.1 Å². The van der Waals surface area contributed by atoms with Gasteiger partial charge < -0.3 is 10.1 Å². The van der Waals surface area contributed by atoms with Gasteiger partial charge in [0.15, 0.2) is 0 Å². The number of aromatic nitrogens is 2. The van der Waals surface area contributed by atoms with Crippen molar-refractivity contribution < 1.29 is 4.74 Å². The van der Waals surface area contributed by atoms with Crippen molar-refractivity contribution in [3.05, 3.63) is 17.5 Å². The predicted molar refractivity (Wildman–Crippen MR) is 63.5 cm³/mol. The minimum atomic E-state index is 0.480. The molecule has 90 valence electrons. The number of morpholine rings is 1. The molecule has 2 atom stereocenters. The Kier molecular flexibility index (Phi) is 3.61. The van der Waals surface area contributed by atoms with Crippen LogP contribution in [0.3, 0.4) is 0 Å². The molecule has 0 amide bonds. The summed E-state index contributed by atoms with van der Waals surface area (Å²) < 4.78 is 7.42. The van der Waals surface area contributed by atoms with Gasteiger partial charge in [0.05, 0.1) is 18.9 Å². The molecule has 16 heavy (non-hydrogen) atoms. The van der Waals surface area contributed by atoms with E-state index in [9.17, 15) is 0 Å². The van der Waals surface area contributed by atoms with E-state index in [1.165, 1.54) is 5.56 Å². The summed E-state index contributed by atoms with van der Waals surface area (Å²) in [5, 5.41) is 7.92. The first-order valence-corrected chi connectivity index (χ1v) is 5.98. The van der Waals surface area contributed by atoms with E-state index >= 15 is 0 Å². The summed E-state index contributed by atoms with van der Waals surface area (Å²) >= 11 is 0. The third-order valence-electron chi connectivity index (χ3n) is 3.08. The maximum absolute atomic E-state index is 5.53. The lowest BCUT2D eigenvalue weighted by atomic mass is 10.1. The number of hydrogen-bond acceptors (Lipinski definition) is 3. The van der Waals surface area contributed by atoms with Gasteiger partial charge in [0.25, 0.3) is 0 Å². The molecule has 0 aliphatic carbocycles. The fourth-order valence-electron chi connectivity index (χ4n) is 2.28. The summed E-state index contributed by atoms with van der Waals surface area (Å²) in [5.74, 6) is 0. The average Bonchev–Trinajstić information content (AvgIpc) is 2.54. The molecule has 1 aliphatic rings. The standard InChI is InChI=1S/C12H21N3O/c1-9-7-16-8-12(13-9)5-4-11-6-15(3)14-10(11)2/h6,9,12-13H,4-5,7-8H2,1-3H3. The number of aryl methyl sites for hydroxylation is 3. The van der Waals surface area contributed by atoms with Gasteiger partial charge in [-0.15, -0.1) is 0 Å². The second kappa shape index (κ2) is 4.97. The Morgan fingerprint density at radius 1 is 1.56 bits per heavy atom. The Morgan fingerprint density at radius 2 is 2.38 bits per heavy atom. The van der Waals surface area contributed by atoms with Crippen molar-refractivity contribution in [2.45, 2.75) is 38.8 Å². The monoisotopic (exact) mass is 223 g/mol. The van der Waals surface area contributed by atoms with Gasteiger partial charge in [0.1, 0.15) is 0 Å². The van der Waals surface area contributed by atoms with E-state index in [1.54, 1.807) is 0 Å². The van der Waals surface area contributed by atoms with Crippen molar-refractivity contribution in [3.63, 3.8) is 0 Å². The normalized spacial score (nSPS) is 25.9. The largest absolute Gasteiger partial charge is 0.378 e. The zero-order valence-electron chi connectivity index (χ0n) is 10.4. The van der Waals surface area contributed by atoms with Crippen molar-refractivity contribution in [1.82, 2.24) is 15.1 Å². The molecule has 0 radical (unpaired) electrons. The van der Waals surface area contributed by atoms with Crippen LogP contribution >= 0.6 is 0 Å². The Morgan fingerprint density at radius 3 is 3.00 bits per heavy atom. The van der Waals surface area contributed by atoms with E-state index in [2.05, 4.69) is 30.5 Å². The van der Waals surface area contributed by atoms with Crippen LogP contribution in [0.2, 0.25) is 0 Å². The fraction of sp³-hybridized carbons (Fsp3) is 0.750. The Bertz CT molecular complexity index is 348. The van der Waals surface area contributed by atoms with Crippen LogP contribution in [0.25, 0.3) is 0 Å². The molecule has 1 aromatic heterocycles. The van der Waals surface area contributed by atoms with Gasteiger partial charge in [-0.1, -0.05) is 0 Å². The van der Waals surface area contributed by atoms with E-state index in [0.717, 1.165) is 31.7 Å². The molecule has 1 N–H and O–H groups in total. The molecule has 4 heteroatoms. The first kappa shape index (κ1) is 11.6. The van der Waals surface area contributed by atoms with Gasteiger partial charge in [-0.25, -0.2) is 0 Å². The zero-order valence-corrected chi connectivity index (χ0v) is 10.4. The quantitative estimate of drug-likeness (QED) is 0.832. The second-order valence-electron chi connectivity index (χ2n) is 4.75. The Labute approximate surface area is 97.0 Å². The number of ether oxygens (including phenoxy) is 1. The summed E-state index contributed by atoms with van der Waals surface area (Å²) in [6, 6.07) is 0.970. The van der Waals surface area contributed by atoms with Gasteiger partial charge >= 0.3 is 0 Å². The average molecular weight is 223 g/mol. The molecule has 4 nitrogen and oxygen atoms in total. The molecule has 0 bridgehead atoms. The molecule has 1 aliphatic heterocycles. The third kappa shape index (κ3) is 2.83. The van der Waals surface area contributed by atoms with Gasteiger partial charge in [0.2, 0.25) is 0 Å². The molecule has 1 saturated heterocycles. The highest BCUT2D eigenvalue weighted by molar-refractivity contribution is 5.15. The summed E-state index contributed by atoms with van der Waals surface area (Å²) in [4.78, 5) is 0. The molecule has 2 heterocycles. The van der Waals surface area contributed by atoms with Gasteiger partial charge in [0, 0.05) is 25.3 Å². The molecular formula is C12H21N3O. The molecule has 0 spiro atoms. The summed E-state index contributed by atoms with van der Waals surface area (Å²) in [7, 11) is 1.97. The Balaban J connectivity index is 1.85. The number of rotatable bonds is 3. The van der Waals surface area contributed by atoms with Crippen LogP contribution in [-0.4, -0.2) is 35.1 Å². The van der Waals surface area contributed by atoms with Crippen LogP contribution in [0.1, 0.15) is 24.6 Å². The second-order valence-corrected chi connectivity index (χ2v) is 4.75. The minimum absolute atomic E-state index is 0.480. The first-order chi connectivity index (χ1) is 7.65. The maximum atomic E-state index is 5.53. The van der Waals surface area contributed by atoms with Crippen molar-refractivity contribution in [2.75, 3.05) is 13.2 Å². The fourth-order valence-corrected chi connectivity index (χ4v) is 2.28. The van der Waals surface area contributed by atoms with Crippen molar-refractivity contribution in [1.29, 1.82) is 0 Å². The summed E-state index contributed by atoms with van der Waals surface area (Å²) in [6.45, 7) is 5.91. The smallest absolute Gasteiger partial charge is 0.0625 e. The zero-order chi connectivity index (χ0) is 11.5. The molecule has 1 fully saturated rings. The van der Waals surface area contributed by atoms with Gasteiger partial charge in [-0.2, -0.15) is 5.10 Å². The molecule has 0 saturated carbocycles. The lowest BCUT2D eigenvalue weighted by molar-refractivity contribution is 0.0483. The molecule has 0 aromatic carbocycles. The predicted octanol–water partition coefficient (Wildman–Crippen LogP) is 1.04. The highest BCUT2D eigenvalue weighted by Crippen LogP contribution is 2.11. The van der Waals surface area contributed by atoms with E-state index in [4.69, 9.17) is 4.74 Å². The van der Waals surface area contributed by atoms with Crippen molar-refractivity contribution in [3.8, 4) is 0 Å². The third-order valence-corrected chi connectivity index (χ3v) is 3.08. The summed E-state index contributed by atoms with van der Waals surface area (Å²) in [6.07, 6.45) is 4.31. The van der Waals surface area contributed by atoms with Crippen LogP contribution in [0.4, 0.5) is 0 Å². The van der Waals surface area contributed by atoms with Gasteiger partial charge in [-0.3, -0.25) is 4.68 Å². The van der Waals surface area contributed by atoms with Gasteiger partial charge in [-0.05, 0) is 32.3 Å². The van der Waals surface area contributed by atoms with Crippen molar-refractivity contribution in [2.24, 2.45) is 7.05 Å². The lowest BCUT2D eigenvalue weighted by Crippen LogP contribution is -2.47. The highest BCUT2D eigenvalue weighted by Gasteiger charge is 2.18. The lowest BCUT2D eigenvalue weighted by Gasteiger charge is -2.28. The van der Waals surface area contributed by atoms with E-state index in [-0.39, 0.29) is 0 Å². The van der Waals surface area contributed by atoms with E-state index in [1.807, 2.05) is 11.7 Å². The van der Waals surface area contributed by atoms with Crippen molar-refractivity contribution >= 4 is 0 Å². The van der Waals surface area contributed by atoms with E-state index in [0.29, 0.717) is 12.1 Å². The van der Waals surface area contributed by atoms with Crippen LogP contribution < -0.4 is 5.32 Å². The Hall–Kier alpha value is -0.870. The SMILES string of the molecule is Cc1nn(C)cc1CCC1COCC(C)N1. The van der Waals surface area contributed by atoms with Crippen LogP contribution in [0, 0.1) is 6.92 Å².